The molecule has 4 aromatic rings. The van der Waals surface area contributed by atoms with E-state index in [1.165, 1.54) is 12.0 Å². The number of hydrogen-bond acceptors (Lipinski definition) is 7. The lowest BCUT2D eigenvalue weighted by molar-refractivity contribution is 0.0824. The molecule has 0 aliphatic rings. The molecule has 8 heteroatoms. The number of benzene rings is 2. The zero-order valence-electron chi connectivity index (χ0n) is 18.9. The van der Waals surface area contributed by atoms with Gasteiger partial charge in [-0.1, -0.05) is 31.2 Å². The average molecular weight is 447 g/mol. The summed E-state index contributed by atoms with van der Waals surface area (Å²) in [4.78, 5) is 38.7. The fourth-order valence-corrected chi connectivity index (χ4v) is 3.77. The summed E-state index contributed by atoms with van der Waals surface area (Å²) in [6.45, 7) is 1.96. The number of nitrogens with zero attached hydrogens (tertiary/aromatic N) is 1. The number of furan rings is 1. The fourth-order valence-electron chi connectivity index (χ4n) is 3.77. The van der Waals surface area contributed by atoms with Gasteiger partial charge >= 0.3 is 0 Å². The first-order chi connectivity index (χ1) is 15.8. The van der Waals surface area contributed by atoms with Crippen molar-refractivity contribution in [3.05, 3.63) is 80.3 Å². The Kier molecular flexibility index (Phi) is 5.91. The van der Waals surface area contributed by atoms with Crippen LogP contribution in [0.2, 0.25) is 0 Å². The molecule has 0 saturated carbocycles. The molecule has 0 aliphatic heterocycles. The fraction of sp³-hybridized carbons (Fsp3) is 0.240. The van der Waals surface area contributed by atoms with Gasteiger partial charge in [0.05, 0.1) is 24.4 Å². The minimum Gasteiger partial charge on any atom is -0.494 e. The first kappa shape index (κ1) is 22.1. The van der Waals surface area contributed by atoms with Gasteiger partial charge in [-0.15, -0.1) is 0 Å². The van der Waals surface area contributed by atoms with Crippen LogP contribution in [0.25, 0.3) is 11.0 Å². The maximum Gasteiger partial charge on any atom is 0.257 e. The average Bonchev–Trinajstić information content (AvgIpc) is 3.26. The molecule has 0 radical (unpaired) electrons. The third-order valence-corrected chi connectivity index (χ3v) is 5.54. The van der Waals surface area contributed by atoms with E-state index in [9.17, 15) is 14.4 Å². The number of anilines is 3. The molecule has 170 valence electrons. The molecule has 8 nitrogen and oxygen atoms in total. The molecule has 0 saturated heterocycles. The monoisotopic (exact) mass is 447 g/mol. The maximum atomic E-state index is 12.5. The number of carbonyl (C=O) groups excluding carboxylic acids is 1. The van der Waals surface area contributed by atoms with Gasteiger partial charge in [-0.05, 0) is 30.7 Å². The Hall–Kier alpha value is -4.07. The second kappa shape index (κ2) is 8.82. The third kappa shape index (κ3) is 3.95. The van der Waals surface area contributed by atoms with Gasteiger partial charge in [0, 0.05) is 19.5 Å². The highest BCUT2D eigenvalue weighted by molar-refractivity contribution is 5.99. The van der Waals surface area contributed by atoms with E-state index in [1.54, 1.807) is 32.3 Å². The first-order valence-electron chi connectivity index (χ1n) is 10.6. The molecule has 1 heterocycles. The Morgan fingerprint density at radius 3 is 2.45 bits per heavy atom. The van der Waals surface area contributed by atoms with E-state index < -0.39 is 10.9 Å². The van der Waals surface area contributed by atoms with Crippen LogP contribution in [0.4, 0.5) is 17.1 Å². The summed E-state index contributed by atoms with van der Waals surface area (Å²) < 4.78 is 11.4. The van der Waals surface area contributed by atoms with Crippen LogP contribution in [0, 0.1) is 0 Å². The molecule has 2 N–H and O–H groups in total. The number of fused-ring (bicyclic) bond motifs is 1. The number of nitrogens with one attached hydrogen (secondary N) is 2. The van der Waals surface area contributed by atoms with Crippen LogP contribution in [0.5, 0.6) is 5.75 Å². The van der Waals surface area contributed by atoms with E-state index >= 15 is 0 Å². The molecule has 1 aromatic heterocycles. The molecule has 0 bridgehead atoms. The zero-order valence-corrected chi connectivity index (χ0v) is 18.9. The summed E-state index contributed by atoms with van der Waals surface area (Å²) in [5.74, 6) is 0.725. The molecule has 0 spiro atoms. The van der Waals surface area contributed by atoms with Crippen molar-refractivity contribution >= 4 is 33.9 Å². The third-order valence-electron chi connectivity index (χ3n) is 5.54. The quantitative estimate of drug-likeness (QED) is 0.393. The summed E-state index contributed by atoms with van der Waals surface area (Å²) in [5.41, 5.74) is 0.575. The number of rotatable bonds is 8. The van der Waals surface area contributed by atoms with Crippen LogP contribution < -0.4 is 26.2 Å². The van der Waals surface area contributed by atoms with Crippen LogP contribution in [0.15, 0.2) is 62.5 Å². The van der Waals surface area contributed by atoms with Crippen LogP contribution in [-0.4, -0.2) is 32.0 Å². The van der Waals surface area contributed by atoms with Crippen molar-refractivity contribution in [2.45, 2.75) is 19.4 Å². The molecular weight excluding hydrogens is 422 g/mol. The van der Waals surface area contributed by atoms with Crippen LogP contribution in [0.1, 0.15) is 35.5 Å². The number of carbonyl (C=O) groups is 1. The van der Waals surface area contributed by atoms with Crippen molar-refractivity contribution in [1.29, 1.82) is 0 Å². The van der Waals surface area contributed by atoms with Crippen molar-refractivity contribution in [2.24, 2.45) is 0 Å². The lowest BCUT2D eigenvalue weighted by Crippen LogP contribution is -2.37. The number of para-hydroxylation sites is 2. The van der Waals surface area contributed by atoms with Crippen molar-refractivity contribution in [1.82, 2.24) is 4.90 Å². The van der Waals surface area contributed by atoms with Crippen molar-refractivity contribution in [2.75, 3.05) is 31.8 Å². The maximum absolute atomic E-state index is 12.5. The van der Waals surface area contributed by atoms with E-state index in [0.717, 1.165) is 11.0 Å². The van der Waals surface area contributed by atoms with Gasteiger partial charge in [0.25, 0.3) is 16.8 Å². The zero-order chi connectivity index (χ0) is 23.7. The summed E-state index contributed by atoms with van der Waals surface area (Å²) in [6.07, 6.45) is 0.633. The number of methoxy groups -OCH3 is 1. The van der Waals surface area contributed by atoms with Gasteiger partial charge in [-0.2, -0.15) is 0 Å². The van der Waals surface area contributed by atoms with Gasteiger partial charge in [0.1, 0.15) is 22.7 Å². The predicted molar refractivity (Wildman–Crippen MR) is 129 cm³/mol. The summed E-state index contributed by atoms with van der Waals surface area (Å²) in [7, 11) is 4.73. The predicted octanol–water partition coefficient (Wildman–Crippen LogP) is 4.05. The van der Waals surface area contributed by atoms with Gasteiger partial charge in [-0.3, -0.25) is 14.4 Å². The van der Waals surface area contributed by atoms with E-state index in [1.807, 2.05) is 37.3 Å². The van der Waals surface area contributed by atoms with Crippen molar-refractivity contribution in [3.63, 3.8) is 0 Å². The number of hydrogen-bond donors (Lipinski definition) is 2. The summed E-state index contributed by atoms with van der Waals surface area (Å²) >= 11 is 0. The summed E-state index contributed by atoms with van der Waals surface area (Å²) in [6, 6.07) is 14.3. The van der Waals surface area contributed by atoms with E-state index in [0.29, 0.717) is 29.2 Å². The largest absolute Gasteiger partial charge is 0.494 e. The van der Waals surface area contributed by atoms with Gasteiger partial charge < -0.3 is 24.7 Å². The van der Waals surface area contributed by atoms with Crippen LogP contribution >= 0.6 is 0 Å². The van der Waals surface area contributed by atoms with E-state index in [4.69, 9.17) is 9.15 Å². The second-order valence-corrected chi connectivity index (χ2v) is 7.91. The molecule has 0 aliphatic carbocycles. The molecule has 4 rings (SSSR count). The first-order valence-corrected chi connectivity index (χ1v) is 10.6. The number of amides is 1. The molecule has 0 fully saturated rings. The minimum absolute atomic E-state index is 0.127. The molecular formula is C25H25N3O5. The molecule has 33 heavy (non-hydrogen) atoms. The Balaban J connectivity index is 1.65. The molecule has 1 unspecified atom stereocenters. The minimum atomic E-state index is -0.636. The lowest BCUT2D eigenvalue weighted by atomic mass is 10.1. The van der Waals surface area contributed by atoms with Crippen molar-refractivity contribution in [3.8, 4) is 5.75 Å². The van der Waals surface area contributed by atoms with Crippen molar-refractivity contribution < 1.29 is 13.9 Å². The molecule has 1 amide bonds. The van der Waals surface area contributed by atoms with Gasteiger partial charge in [-0.25, -0.2) is 0 Å². The van der Waals surface area contributed by atoms with E-state index in [2.05, 4.69) is 10.6 Å². The Bertz CT molecular complexity index is 1360. The smallest absolute Gasteiger partial charge is 0.257 e. The Labute approximate surface area is 190 Å². The van der Waals surface area contributed by atoms with Gasteiger partial charge in [0.2, 0.25) is 0 Å². The Morgan fingerprint density at radius 1 is 1.06 bits per heavy atom. The standard InChI is InChI=1S/C25H25N3O5/c1-5-16(19-13-14-9-6-7-12-18(14)33-19)26-20-21(23(30)22(20)29)27-17-11-8-10-15(24(17)32-4)25(31)28(2)3/h6-13,16,26-27H,5H2,1-4H3. The highest BCUT2D eigenvalue weighted by Crippen LogP contribution is 2.34. The normalized spacial score (nSPS) is 12.0. The SMILES string of the molecule is CCC(Nc1c(Nc2cccc(C(=O)N(C)C)c2OC)c(=O)c1=O)c1cc2ccccc2o1. The highest BCUT2D eigenvalue weighted by Gasteiger charge is 2.27. The van der Waals surface area contributed by atoms with Crippen LogP contribution in [0.3, 0.4) is 0 Å². The topological polar surface area (TPSA) is 101 Å². The lowest BCUT2D eigenvalue weighted by Gasteiger charge is -2.21. The highest BCUT2D eigenvalue weighted by atomic mass is 16.5. The number of ether oxygens (including phenoxy) is 1. The van der Waals surface area contributed by atoms with E-state index in [-0.39, 0.29) is 23.3 Å². The summed E-state index contributed by atoms with van der Waals surface area (Å²) in [5, 5.41) is 7.11. The van der Waals surface area contributed by atoms with Crippen LogP contribution in [-0.2, 0) is 0 Å². The van der Waals surface area contributed by atoms with Gasteiger partial charge in [0.15, 0.2) is 5.75 Å². The Morgan fingerprint density at radius 2 is 1.79 bits per heavy atom. The second-order valence-electron chi connectivity index (χ2n) is 7.91. The molecule has 3 aromatic carbocycles. The molecule has 1 atom stereocenters.